The van der Waals surface area contributed by atoms with Crippen molar-refractivity contribution in [3.8, 4) is 33.7 Å². The number of nitrogens with zero attached hydrogens (tertiary/aromatic N) is 3. The van der Waals surface area contributed by atoms with Crippen molar-refractivity contribution < 1.29 is 4.74 Å². The topological polar surface area (TPSA) is 38.9 Å². The van der Waals surface area contributed by atoms with Crippen LogP contribution in [-0.4, -0.2) is 17.0 Å². The third-order valence-corrected chi connectivity index (χ3v) is 9.85. The van der Waals surface area contributed by atoms with E-state index in [2.05, 4.69) is 156 Å². The lowest BCUT2D eigenvalue weighted by molar-refractivity contribution is 0.470. The van der Waals surface area contributed by atoms with Gasteiger partial charge in [-0.2, -0.15) is 0 Å². The zero-order valence-electron chi connectivity index (χ0n) is 28.2. The summed E-state index contributed by atoms with van der Waals surface area (Å²) in [5.74, 6) is 1.38. The number of benzene rings is 6. The minimum atomic E-state index is 0.514. The van der Waals surface area contributed by atoms with Crippen molar-refractivity contribution in [2.24, 2.45) is 9.98 Å². The van der Waals surface area contributed by atoms with E-state index in [1.165, 1.54) is 22.2 Å². The largest absolute Gasteiger partial charge is 0.452 e. The summed E-state index contributed by atoms with van der Waals surface area (Å²) in [6, 6.07) is 53.0. The average molecular weight is 658 g/mol. The van der Waals surface area contributed by atoms with E-state index in [4.69, 9.17) is 9.73 Å². The van der Waals surface area contributed by atoms with Crippen LogP contribution in [0.2, 0.25) is 0 Å². The summed E-state index contributed by atoms with van der Waals surface area (Å²) in [4.78, 5) is 9.71. The number of aromatic nitrogens is 1. The predicted molar refractivity (Wildman–Crippen MR) is 212 cm³/mol. The molecule has 0 atom stereocenters. The van der Waals surface area contributed by atoms with E-state index in [0.29, 0.717) is 18.0 Å². The highest BCUT2D eigenvalue weighted by Gasteiger charge is 2.30. The highest BCUT2D eigenvalue weighted by molar-refractivity contribution is 6.20. The summed E-state index contributed by atoms with van der Waals surface area (Å²) in [6.45, 7) is 4.49. The molecule has 9 rings (SSSR count). The van der Waals surface area contributed by atoms with Crippen LogP contribution in [0.4, 0.5) is 0 Å². The highest BCUT2D eigenvalue weighted by atomic mass is 16.5. The van der Waals surface area contributed by atoms with E-state index in [-0.39, 0.29) is 0 Å². The molecule has 0 radical (unpaired) electrons. The van der Waals surface area contributed by atoms with Gasteiger partial charge in [0, 0.05) is 33.5 Å². The summed E-state index contributed by atoms with van der Waals surface area (Å²) in [6.07, 6.45) is 6.64. The van der Waals surface area contributed by atoms with Crippen LogP contribution in [0.3, 0.4) is 0 Å². The Hall–Kier alpha value is -6.52. The molecule has 1 aromatic heterocycles. The summed E-state index contributed by atoms with van der Waals surface area (Å²) in [7, 11) is 0. The van der Waals surface area contributed by atoms with E-state index >= 15 is 0 Å². The van der Waals surface area contributed by atoms with E-state index in [0.717, 1.165) is 68.9 Å². The number of para-hydroxylation sites is 1. The Morgan fingerprint density at radius 1 is 0.686 bits per heavy atom. The second-order valence-corrected chi connectivity index (χ2v) is 12.9. The van der Waals surface area contributed by atoms with Crippen LogP contribution in [0, 0.1) is 0 Å². The van der Waals surface area contributed by atoms with Crippen LogP contribution in [0.1, 0.15) is 34.4 Å². The Balaban J connectivity index is 1.13. The average Bonchev–Trinajstić information content (AvgIpc) is 3.73. The number of allylic oxidation sites excluding steroid dienone is 2. The molecule has 244 valence electrons. The molecule has 4 nitrogen and oxygen atoms in total. The Bertz CT molecular complexity index is 2520. The van der Waals surface area contributed by atoms with Crippen molar-refractivity contribution in [1.29, 1.82) is 0 Å². The van der Waals surface area contributed by atoms with E-state index in [9.17, 15) is 0 Å². The first kappa shape index (κ1) is 30.5. The number of ether oxygens (including phenoxy) is 1. The minimum Gasteiger partial charge on any atom is -0.452 e. The van der Waals surface area contributed by atoms with Crippen LogP contribution < -0.4 is 4.74 Å². The number of hydrogen-bond donors (Lipinski definition) is 0. The fourth-order valence-corrected chi connectivity index (χ4v) is 7.37. The van der Waals surface area contributed by atoms with E-state index < -0.39 is 0 Å². The minimum absolute atomic E-state index is 0.514. The van der Waals surface area contributed by atoms with Gasteiger partial charge in [-0.25, -0.2) is 0 Å². The van der Waals surface area contributed by atoms with Gasteiger partial charge in [0.05, 0.1) is 12.1 Å². The van der Waals surface area contributed by atoms with E-state index in [1.807, 2.05) is 24.3 Å². The molecule has 1 aliphatic carbocycles. The molecule has 0 saturated carbocycles. The standard InChI is InChI=1S/C47H35N3O/c1-48-45(35-25-23-34(24-26-35)33-15-6-3-7-16-33)47-46(49-31-32-13-4-2-5-14-32)41-30-37(27-28-44(41)51-47)36-17-12-18-38(29-36)50-42-21-10-8-19-39(42)40-20-9-11-22-43(40)50/h2-10,12-21,23-30H,1,11,22,31H2/b47-45+,49-46?. The molecular formula is C47H35N3O. The maximum Gasteiger partial charge on any atom is 0.179 e. The van der Waals surface area contributed by atoms with Gasteiger partial charge in [0.1, 0.15) is 17.2 Å². The van der Waals surface area contributed by atoms with Crippen molar-refractivity contribution in [2.45, 2.75) is 19.4 Å². The van der Waals surface area contributed by atoms with Gasteiger partial charge >= 0.3 is 0 Å². The van der Waals surface area contributed by atoms with Gasteiger partial charge in [-0.15, -0.1) is 0 Å². The molecule has 51 heavy (non-hydrogen) atoms. The Morgan fingerprint density at radius 3 is 2.22 bits per heavy atom. The second kappa shape index (κ2) is 13.1. The first-order valence-corrected chi connectivity index (χ1v) is 17.4. The van der Waals surface area contributed by atoms with Crippen LogP contribution in [0.5, 0.6) is 5.75 Å². The zero-order chi connectivity index (χ0) is 34.1. The van der Waals surface area contributed by atoms with E-state index in [1.54, 1.807) is 0 Å². The summed E-state index contributed by atoms with van der Waals surface area (Å²) < 4.78 is 9.06. The Kier molecular flexibility index (Phi) is 7.82. The number of fused-ring (bicyclic) bond motifs is 4. The van der Waals surface area contributed by atoms with Crippen LogP contribution in [-0.2, 0) is 13.0 Å². The molecule has 0 unspecified atom stereocenters. The zero-order valence-corrected chi connectivity index (χ0v) is 28.2. The lowest BCUT2D eigenvalue weighted by Gasteiger charge is -2.14. The van der Waals surface area contributed by atoms with Gasteiger partial charge in [0.25, 0.3) is 0 Å². The molecule has 0 spiro atoms. The SMILES string of the molecule is C=N/C(=C1/Oc2ccc(-c3cccc(-n4c5c(c6ccccc64)C=CCC5)c3)cc2C1=NCc1ccccc1)c1ccc(-c2ccccc2)cc1. The molecule has 7 aromatic rings. The molecule has 0 N–H and O–H groups in total. The molecule has 1 aliphatic heterocycles. The maximum atomic E-state index is 6.62. The molecule has 2 heterocycles. The first-order chi connectivity index (χ1) is 25.2. The molecule has 0 fully saturated rings. The molecule has 0 bridgehead atoms. The molecular weight excluding hydrogens is 623 g/mol. The van der Waals surface area contributed by atoms with Crippen LogP contribution in [0.15, 0.2) is 173 Å². The predicted octanol–water partition coefficient (Wildman–Crippen LogP) is 11.4. The number of aliphatic imine (C=N–C) groups is 2. The van der Waals surface area contributed by atoms with Gasteiger partial charge in [-0.1, -0.05) is 133 Å². The fourth-order valence-electron chi connectivity index (χ4n) is 7.37. The van der Waals surface area contributed by atoms with Gasteiger partial charge < -0.3 is 9.30 Å². The van der Waals surface area contributed by atoms with Gasteiger partial charge in [0.15, 0.2) is 5.76 Å². The van der Waals surface area contributed by atoms with Gasteiger partial charge in [-0.05, 0) is 77.7 Å². The van der Waals surface area contributed by atoms with Crippen molar-refractivity contribution in [2.75, 3.05) is 0 Å². The van der Waals surface area contributed by atoms with Gasteiger partial charge in [0.2, 0.25) is 0 Å². The van der Waals surface area contributed by atoms with Crippen molar-refractivity contribution >= 4 is 35.1 Å². The lowest BCUT2D eigenvalue weighted by Crippen LogP contribution is -2.05. The van der Waals surface area contributed by atoms with Crippen molar-refractivity contribution in [3.63, 3.8) is 0 Å². The monoisotopic (exact) mass is 657 g/mol. The molecule has 0 saturated heterocycles. The fraction of sp³-hybridized carbons (Fsp3) is 0.0638. The molecule has 2 aliphatic rings. The quantitative estimate of drug-likeness (QED) is 0.157. The number of rotatable bonds is 7. The van der Waals surface area contributed by atoms with Crippen molar-refractivity contribution in [1.82, 2.24) is 4.57 Å². The molecule has 6 aromatic carbocycles. The first-order valence-electron chi connectivity index (χ1n) is 17.4. The Labute approximate surface area is 298 Å². The lowest BCUT2D eigenvalue weighted by atomic mass is 9.98. The number of hydrogen-bond acceptors (Lipinski definition) is 3. The third-order valence-electron chi connectivity index (χ3n) is 9.85. The Morgan fingerprint density at radius 2 is 1.39 bits per heavy atom. The van der Waals surface area contributed by atoms with Gasteiger partial charge in [-0.3, -0.25) is 9.98 Å². The van der Waals surface area contributed by atoms with Crippen molar-refractivity contribution in [3.05, 3.63) is 191 Å². The maximum absolute atomic E-state index is 6.62. The summed E-state index contributed by atoms with van der Waals surface area (Å²) >= 11 is 0. The smallest absolute Gasteiger partial charge is 0.179 e. The second-order valence-electron chi connectivity index (χ2n) is 12.9. The summed E-state index contributed by atoms with van der Waals surface area (Å²) in [5.41, 5.74) is 14.1. The van der Waals surface area contributed by atoms with Crippen LogP contribution >= 0.6 is 0 Å². The molecule has 4 heteroatoms. The normalized spacial score (nSPS) is 15.0. The highest BCUT2D eigenvalue weighted by Crippen LogP contribution is 2.40. The molecule has 0 amide bonds. The third kappa shape index (κ3) is 5.61. The van der Waals surface area contributed by atoms with Crippen LogP contribution in [0.25, 0.3) is 50.6 Å². The summed E-state index contributed by atoms with van der Waals surface area (Å²) in [5, 5.41) is 1.29.